The van der Waals surface area contributed by atoms with E-state index in [0.717, 1.165) is 38.5 Å². The third-order valence-electron chi connectivity index (χ3n) is 6.06. The SMILES string of the molecule is CCCCC(C)(C)C(O)/C=C/C1CS(=O)(=O)CC1(O)CCCCCCC(=O)OC. The Balaban J connectivity index is 2.64. The molecule has 1 fully saturated rings. The van der Waals surface area contributed by atoms with Gasteiger partial charge in [-0.15, -0.1) is 0 Å². The number of aliphatic hydroxyl groups excluding tert-OH is 1. The average molecular weight is 433 g/mol. The number of hydrogen-bond acceptors (Lipinski definition) is 6. The first kappa shape index (κ1) is 26.1. The summed E-state index contributed by atoms with van der Waals surface area (Å²) in [5, 5.41) is 21.6. The second-order valence-corrected chi connectivity index (χ2v) is 11.3. The van der Waals surface area contributed by atoms with Crippen molar-refractivity contribution in [3.8, 4) is 0 Å². The van der Waals surface area contributed by atoms with Crippen LogP contribution in [-0.4, -0.2) is 54.9 Å². The number of rotatable bonds is 13. The highest BCUT2D eigenvalue weighted by Crippen LogP contribution is 2.36. The van der Waals surface area contributed by atoms with Crippen molar-refractivity contribution in [2.75, 3.05) is 18.6 Å². The van der Waals surface area contributed by atoms with Crippen LogP contribution in [0.15, 0.2) is 12.2 Å². The molecule has 1 heterocycles. The van der Waals surface area contributed by atoms with Gasteiger partial charge in [0.25, 0.3) is 0 Å². The monoisotopic (exact) mass is 432 g/mol. The molecule has 0 bridgehead atoms. The maximum atomic E-state index is 12.2. The van der Waals surface area contributed by atoms with Gasteiger partial charge in [0, 0.05) is 12.3 Å². The van der Waals surface area contributed by atoms with Gasteiger partial charge in [-0.05, 0) is 24.7 Å². The third kappa shape index (κ3) is 8.77. The van der Waals surface area contributed by atoms with Gasteiger partial charge in [-0.2, -0.15) is 0 Å². The van der Waals surface area contributed by atoms with Crippen molar-refractivity contribution in [2.45, 2.75) is 90.3 Å². The van der Waals surface area contributed by atoms with Crippen molar-refractivity contribution in [1.82, 2.24) is 0 Å². The summed E-state index contributed by atoms with van der Waals surface area (Å²) in [5.74, 6) is -1.04. The molecule has 1 saturated heterocycles. The lowest BCUT2D eigenvalue weighted by atomic mass is 9.80. The van der Waals surface area contributed by atoms with E-state index in [1.807, 2.05) is 13.8 Å². The van der Waals surface area contributed by atoms with E-state index in [0.29, 0.717) is 19.3 Å². The van der Waals surface area contributed by atoms with Gasteiger partial charge in [-0.1, -0.05) is 65.0 Å². The number of sulfone groups is 1. The van der Waals surface area contributed by atoms with Crippen LogP contribution < -0.4 is 0 Å². The van der Waals surface area contributed by atoms with Crippen molar-refractivity contribution >= 4 is 15.8 Å². The predicted octanol–water partition coefficient (Wildman–Crippen LogP) is 3.41. The second-order valence-electron chi connectivity index (χ2n) is 9.18. The van der Waals surface area contributed by atoms with Gasteiger partial charge in [-0.3, -0.25) is 4.79 Å². The van der Waals surface area contributed by atoms with Crippen molar-refractivity contribution in [2.24, 2.45) is 11.3 Å². The molecule has 170 valence electrons. The fraction of sp³-hybridized carbons (Fsp3) is 0.864. The quantitative estimate of drug-likeness (QED) is 0.263. The minimum atomic E-state index is -3.31. The molecule has 0 spiro atoms. The summed E-state index contributed by atoms with van der Waals surface area (Å²) >= 11 is 0. The number of carbonyl (C=O) groups is 1. The Kier molecular flexibility index (Phi) is 10.3. The standard InChI is InChI=1S/C22H40O6S/c1-5-6-14-21(2,3)19(23)13-12-18-16-29(26,27)17-22(18,25)15-10-8-7-9-11-20(24)28-4/h12-13,18-19,23,25H,5-11,14-17H2,1-4H3/b13-12+. The van der Waals surface area contributed by atoms with Gasteiger partial charge in [0.2, 0.25) is 0 Å². The van der Waals surface area contributed by atoms with Gasteiger partial charge in [0.05, 0.1) is 30.3 Å². The van der Waals surface area contributed by atoms with Crippen LogP contribution >= 0.6 is 0 Å². The molecule has 0 amide bonds. The van der Waals surface area contributed by atoms with Crippen molar-refractivity contribution in [3.63, 3.8) is 0 Å². The van der Waals surface area contributed by atoms with Crippen LogP contribution in [0.2, 0.25) is 0 Å². The molecule has 3 unspecified atom stereocenters. The molecule has 1 rings (SSSR count). The molecule has 7 heteroatoms. The van der Waals surface area contributed by atoms with Crippen molar-refractivity contribution in [3.05, 3.63) is 12.2 Å². The Morgan fingerprint density at radius 3 is 2.52 bits per heavy atom. The molecule has 0 aromatic heterocycles. The average Bonchev–Trinajstić information content (AvgIpc) is 2.88. The largest absolute Gasteiger partial charge is 0.469 e. The van der Waals surface area contributed by atoms with Crippen molar-refractivity contribution < 1.29 is 28.2 Å². The maximum absolute atomic E-state index is 12.2. The Labute approximate surface area is 176 Å². The van der Waals surface area contributed by atoms with Crippen LogP contribution in [0.3, 0.4) is 0 Å². The van der Waals surface area contributed by atoms with Crippen LogP contribution in [0.4, 0.5) is 0 Å². The Bertz CT molecular complexity index is 640. The van der Waals surface area contributed by atoms with Crippen LogP contribution in [0.5, 0.6) is 0 Å². The van der Waals surface area contributed by atoms with E-state index in [4.69, 9.17) is 0 Å². The molecule has 1 aliphatic heterocycles. The van der Waals surface area contributed by atoms with Crippen LogP contribution in [0, 0.1) is 11.3 Å². The normalized spacial score (nSPS) is 25.4. The van der Waals surface area contributed by atoms with Gasteiger partial charge in [-0.25, -0.2) is 8.42 Å². The molecule has 2 N–H and O–H groups in total. The molecule has 29 heavy (non-hydrogen) atoms. The summed E-state index contributed by atoms with van der Waals surface area (Å²) in [6.07, 6.45) is 9.52. The van der Waals surface area contributed by atoms with Crippen LogP contribution in [0.1, 0.15) is 78.6 Å². The second kappa shape index (κ2) is 11.5. The molecular formula is C22H40O6S. The van der Waals surface area contributed by atoms with Gasteiger partial charge in [0.15, 0.2) is 9.84 Å². The molecular weight excluding hydrogens is 392 g/mol. The minimum Gasteiger partial charge on any atom is -0.469 e. The molecule has 0 radical (unpaired) electrons. The van der Waals surface area contributed by atoms with Crippen LogP contribution in [0.25, 0.3) is 0 Å². The highest BCUT2D eigenvalue weighted by atomic mass is 32.2. The highest BCUT2D eigenvalue weighted by Gasteiger charge is 2.47. The number of aliphatic hydroxyl groups is 2. The number of unbranched alkanes of at least 4 members (excludes halogenated alkanes) is 4. The third-order valence-corrected chi connectivity index (χ3v) is 7.87. The zero-order valence-corrected chi connectivity index (χ0v) is 19.3. The van der Waals surface area contributed by atoms with Gasteiger partial charge >= 0.3 is 5.97 Å². The number of esters is 1. The van der Waals surface area contributed by atoms with E-state index in [2.05, 4.69) is 11.7 Å². The first-order chi connectivity index (χ1) is 13.5. The van der Waals surface area contributed by atoms with Crippen LogP contribution in [-0.2, 0) is 19.4 Å². The van der Waals surface area contributed by atoms with E-state index in [9.17, 15) is 23.4 Å². The molecule has 0 aliphatic carbocycles. The first-order valence-electron chi connectivity index (χ1n) is 10.8. The highest BCUT2D eigenvalue weighted by molar-refractivity contribution is 7.91. The van der Waals surface area contributed by atoms with Crippen molar-refractivity contribution in [1.29, 1.82) is 0 Å². The lowest BCUT2D eigenvalue weighted by molar-refractivity contribution is -0.140. The molecule has 1 aliphatic rings. The van der Waals surface area contributed by atoms with E-state index >= 15 is 0 Å². The fourth-order valence-electron chi connectivity index (χ4n) is 3.90. The topological polar surface area (TPSA) is 101 Å². The van der Waals surface area contributed by atoms with E-state index in [-0.39, 0.29) is 22.9 Å². The summed E-state index contributed by atoms with van der Waals surface area (Å²) < 4.78 is 29.0. The van der Waals surface area contributed by atoms with Gasteiger partial charge in [0.1, 0.15) is 0 Å². The molecule has 0 aromatic rings. The number of carbonyl (C=O) groups excluding carboxylic acids is 1. The number of ether oxygens (including phenoxy) is 1. The first-order valence-corrected chi connectivity index (χ1v) is 12.6. The van der Waals surface area contributed by atoms with Gasteiger partial charge < -0.3 is 14.9 Å². The lowest BCUT2D eigenvalue weighted by Gasteiger charge is -2.30. The van der Waals surface area contributed by atoms with E-state index < -0.39 is 27.5 Å². The Hall–Kier alpha value is -0.920. The zero-order chi connectivity index (χ0) is 22.1. The smallest absolute Gasteiger partial charge is 0.305 e. The summed E-state index contributed by atoms with van der Waals surface area (Å²) in [5.41, 5.74) is -1.58. The molecule has 6 nitrogen and oxygen atoms in total. The minimum absolute atomic E-state index is 0.0789. The molecule has 0 saturated carbocycles. The summed E-state index contributed by atoms with van der Waals surface area (Å²) in [7, 11) is -1.94. The zero-order valence-electron chi connectivity index (χ0n) is 18.5. The lowest BCUT2D eigenvalue weighted by Crippen LogP contribution is -2.37. The predicted molar refractivity (Wildman–Crippen MR) is 115 cm³/mol. The molecule has 3 atom stereocenters. The maximum Gasteiger partial charge on any atom is 0.305 e. The summed E-state index contributed by atoms with van der Waals surface area (Å²) in [4.78, 5) is 11.1. The number of methoxy groups -OCH3 is 1. The van der Waals surface area contributed by atoms with E-state index in [1.54, 1.807) is 12.2 Å². The number of hydrogen-bond donors (Lipinski definition) is 2. The molecule has 0 aromatic carbocycles. The summed E-state index contributed by atoms with van der Waals surface area (Å²) in [6, 6.07) is 0. The Morgan fingerprint density at radius 1 is 1.24 bits per heavy atom. The fourth-order valence-corrected chi connectivity index (χ4v) is 6.11. The summed E-state index contributed by atoms with van der Waals surface area (Å²) in [6.45, 7) is 6.12. The van der Waals surface area contributed by atoms with E-state index in [1.165, 1.54) is 7.11 Å². The Morgan fingerprint density at radius 2 is 1.90 bits per heavy atom.